The van der Waals surface area contributed by atoms with E-state index in [1.165, 1.54) is 0 Å². The van der Waals surface area contributed by atoms with Gasteiger partial charge in [-0.15, -0.1) is 0 Å². The van der Waals surface area contributed by atoms with Crippen molar-refractivity contribution in [3.05, 3.63) is 12.2 Å². The predicted octanol–water partition coefficient (Wildman–Crippen LogP) is 2.85. The van der Waals surface area contributed by atoms with E-state index in [0.29, 0.717) is 18.8 Å². The maximum atomic E-state index is 11.6. The van der Waals surface area contributed by atoms with E-state index in [1.807, 2.05) is 6.92 Å². The minimum atomic E-state index is -0.774. The number of fused-ring (bicyclic) bond motifs is 1. The zero-order chi connectivity index (χ0) is 12.0. The Kier molecular flexibility index (Phi) is 2.73. The molecule has 0 saturated heterocycles. The molecular weight excluding hydrogens is 200 g/mol. The number of allylic oxidation sites excluding steroid dienone is 1. The van der Waals surface area contributed by atoms with Crippen LogP contribution in [0.25, 0.3) is 0 Å². The lowest BCUT2D eigenvalue weighted by Crippen LogP contribution is -2.55. The van der Waals surface area contributed by atoms with Gasteiger partial charge in [0.1, 0.15) is 5.78 Å². The second-order valence-electron chi connectivity index (χ2n) is 6.09. The van der Waals surface area contributed by atoms with Crippen LogP contribution in [0.3, 0.4) is 0 Å². The van der Waals surface area contributed by atoms with Gasteiger partial charge in [0, 0.05) is 12.8 Å². The minimum Gasteiger partial charge on any atom is -0.389 e. The van der Waals surface area contributed by atoms with Crippen molar-refractivity contribution >= 4 is 5.78 Å². The highest BCUT2D eigenvalue weighted by Crippen LogP contribution is 2.54. The molecule has 2 fully saturated rings. The van der Waals surface area contributed by atoms with Crippen LogP contribution >= 0.6 is 0 Å². The van der Waals surface area contributed by atoms with Gasteiger partial charge in [-0.1, -0.05) is 19.1 Å². The van der Waals surface area contributed by atoms with Gasteiger partial charge in [0.2, 0.25) is 0 Å². The van der Waals surface area contributed by atoms with Crippen LogP contribution in [-0.4, -0.2) is 16.5 Å². The maximum absolute atomic E-state index is 11.6. The minimum absolute atomic E-state index is 0.0488. The molecule has 2 nitrogen and oxygen atoms in total. The van der Waals surface area contributed by atoms with Crippen LogP contribution in [0.4, 0.5) is 0 Å². The lowest BCUT2D eigenvalue weighted by atomic mass is 9.54. The number of rotatable bonds is 1. The molecule has 0 heterocycles. The third kappa shape index (κ3) is 1.73. The van der Waals surface area contributed by atoms with Gasteiger partial charge in [-0.25, -0.2) is 0 Å². The van der Waals surface area contributed by atoms with Crippen LogP contribution in [0, 0.1) is 11.3 Å². The molecule has 16 heavy (non-hydrogen) atoms. The van der Waals surface area contributed by atoms with E-state index >= 15 is 0 Å². The van der Waals surface area contributed by atoms with Crippen molar-refractivity contribution in [2.24, 2.45) is 11.3 Å². The molecule has 0 spiro atoms. The first-order chi connectivity index (χ1) is 7.36. The highest BCUT2D eigenvalue weighted by molar-refractivity contribution is 5.80. The molecule has 2 saturated carbocycles. The van der Waals surface area contributed by atoms with Crippen LogP contribution in [0.15, 0.2) is 12.2 Å². The molecule has 0 aromatic heterocycles. The first kappa shape index (κ1) is 11.8. The van der Waals surface area contributed by atoms with E-state index in [4.69, 9.17) is 0 Å². The van der Waals surface area contributed by atoms with Gasteiger partial charge in [0.15, 0.2) is 0 Å². The van der Waals surface area contributed by atoms with Gasteiger partial charge in [-0.2, -0.15) is 0 Å². The Hall–Kier alpha value is -0.630. The zero-order valence-corrected chi connectivity index (χ0v) is 10.4. The third-order valence-electron chi connectivity index (χ3n) is 4.89. The molecule has 0 aliphatic heterocycles. The van der Waals surface area contributed by atoms with Gasteiger partial charge >= 0.3 is 0 Å². The van der Waals surface area contributed by atoms with E-state index in [1.54, 1.807) is 0 Å². The summed E-state index contributed by atoms with van der Waals surface area (Å²) in [6.07, 6.45) is 4.72. The number of hydrogen-bond donors (Lipinski definition) is 1. The van der Waals surface area contributed by atoms with E-state index in [0.717, 1.165) is 31.3 Å². The quantitative estimate of drug-likeness (QED) is 0.693. The number of carbonyl (C=O) groups is 1. The fraction of sp³-hybridized carbons (Fsp3) is 0.786. The Morgan fingerprint density at radius 2 is 2.19 bits per heavy atom. The van der Waals surface area contributed by atoms with Gasteiger partial charge < -0.3 is 5.11 Å². The summed E-state index contributed by atoms with van der Waals surface area (Å²) in [6.45, 7) is 8.17. The van der Waals surface area contributed by atoms with Gasteiger partial charge in [0.05, 0.1) is 5.60 Å². The van der Waals surface area contributed by atoms with Crippen molar-refractivity contribution in [1.29, 1.82) is 0 Å². The molecule has 0 radical (unpaired) electrons. The number of Topliss-reactive ketones (excluding diaryl/α,β-unsaturated/α-hetero) is 1. The van der Waals surface area contributed by atoms with Crippen LogP contribution < -0.4 is 0 Å². The summed E-state index contributed by atoms with van der Waals surface area (Å²) in [5.41, 5.74) is 0.324. The summed E-state index contributed by atoms with van der Waals surface area (Å²) in [4.78, 5) is 11.6. The number of hydrogen-bond acceptors (Lipinski definition) is 2. The first-order valence-corrected chi connectivity index (χ1v) is 6.26. The normalized spacial score (nSPS) is 43.9. The molecule has 0 amide bonds. The Bertz CT molecular complexity index is 334. The summed E-state index contributed by atoms with van der Waals surface area (Å²) in [5.74, 6) is 0.617. The molecule has 2 rings (SSSR count). The summed E-state index contributed by atoms with van der Waals surface area (Å²) in [6, 6.07) is 0. The Morgan fingerprint density at radius 3 is 2.81 bits per heavy atom. The lowest BCUT2D eigenvalue weighted by Gasteiger charge is -2.53. The summed E-state index contributed by atoms with van der Waals surface area (Å²) >= 11 is 0. The first-order valence-electron chi connectivity index (χ1n) is 6.26. The zero-order valence-electron chi connectivity index (χ0n) is 10.4. The van der Waals surface area contributed by atoms with E-state index in [2.05, 4.69) is 13.5 Å². The molecule has 2 heteroatoms. The molecule has 0 aromatic carbocycles. The number of carbonyl (C=O) groups excluding carboxylic acids is 1. The monoisotopic (exact) mass is 222 g/mol. The second-order valence-corrected chi connectivity index (χ2v) is 6.09. The Labute approximate surface area is 97.7 Å². The van der Waals surface area contributed by atoms with Gasteiger partial charge in [-0.3, -0.25) is 4.79 Å². The summed E-state index contributed by atoms with van der Waals surface area (Å²) in [7, 11) is 0. The maximum Gasteiger partial charge on any atom is 0.135 e. The van der Waals surface area contributed by atoms with Gasteiger partial charge in [-0.05, 0) is 43.9 Å². The fourth-order valence-corrected chi connectivity index (χ4v) is 3.38. The van der Waals surface area contributed by atoms with E-state index < -0.39 is 5.60 Å². The van der Waals surface area contributed by atoms with Crippen molar-refractivity contribution in [1.82, 2.24) is 0 Å². The standard InChI is InChI=1S/C14H22O2/c1-10(2)11-4-6-13(3)7-5-12(15)9-14(13,16)8-11/h11,16H,1,4-9H2,2-3H3/t11?,13-,14-/m1/s1. The van der Waals surface area contributed by atoms with Crippen molar-refractivity contribution in [3.63, 3.8) is 0 Å². The van der Waals surface area contributed by atoms with Gasteiger partial charge in [0.25, 0.3) is 0 Å². The molecule has 0 aromatic rings. The molecule has 0 bridgehead atoms. The van der Waals surface area contributed by atoms with Crippen LogP contribution in [-0.2, 0) is 4.79 Å². The third-order valence-corrected chi connectivity index (χ3v) is 4.89. The SMILES string of the molecule is C=C(C)C1CC[C@]2(C)CCC(=O)C[C@]2(O)C1. The van der Waals surface area contributed by atoms with Crippen molar-refractivity contribution in [2.45, 2.75) is 58.0 Å². The number of ketones is 1. The lowest BCUT2D eigenvalue weighted by molar-refractivity contribution is -0.159. The smallest absolute Gasteiger partial charge is 0.135 e. The predicted molar refractivity (Wildman–Crippen MR) is 64.1 cm³/mol. The fourth-order valence-electron chi connectivity index (χ4n) is 3.38. The molecule has 1 unspecified atom stereocenters. The topological polar surface area (TPSA) is 37.3 Å². The highest BCUT2D eigenvalue weighted by atomic mass is 16.3. The average Bonchev–Trinajstić information content (AvgIpc) is 2.18. The summed E-state index contributed by atoms with van der Waals surface area (Å²) < 4.78 is 0. The average molecular weight is 222 g/mol. The van der Waals surface area contributed by atoms with Crippen LogP contribution in [0.2, 0.25) is 0 Å². The molecule has 1 N–H and O–H groups in total. The molecule has 90 valence electrons. The van der Waals surface area contributed by atoms with Crippen molar-refractivity contribution in [2.75, 3.05) is 0 Å². The van der Waals surface area contributed by atoms with Crippen molar-refractivity contribution < 1.29 is 9.90 Å². The van der Waals surface area contributed by atoms with E-state index in [9.17, 15) is 9.90 Å². The highest BCUT2D eigenvalue weighted by Gasteiger charge is 2.53. The van der Waals surface area contributed by atoms with Crippen LogP contribution in [0.5, 0.6) is 0 Å². The molecule has 2 aliphatic rings. The van der Waals surface area contributed by atoms with Crippen LogP contribution in [0.1, 0.15) is 52.4 Å². The summed E-state index contributed by atoms with van der Waals surface area (Å²) in [5, 5.41) is 10.8. The Balaban J connectivity index is 2.23. The van der Waals surface area contributed by atoms with Crippen molar-refractivity contribution in [3.8, 4) is 0 Å². The molecular formula is C14H22O2. The van der Waals surface area contributed by atoms with E-state index in [-0.39, 0.29) is 11.2 Å². The largest absolute Gasteiger partial charge is 0.389 e. The molecule has 3 atom stereocenters. The second kappa shape index (κ2) is 3.69. The number of aliphatic hydroxyl groups is 1. The molecule has 2 aliphatic carbocycles. The Morgan fingerprint density at radius 1 is 1.50 bits per heavy atom.